The van der Waals surface area contributed by atoms with Gasteiger partial charge in [0.15, 0.2) is 0 Å². The van der Waals surface area contributed by atoms with Crippen LogP contribution in [0.3, 0.4) is 0 Å². The number of nitrogens with one attached hydrogen (secondary N) is 1. The van der Waals surface area contributed by atoms with E-state index in [0.29, 0.717) is 6.54 Å². The Labute approximate surface area is 75.9 Å². The van der Waals surface area contributed by atoms with E-state index in [2.05, 4.69) is 15.3 Å². The molecule has 0 radical (unpaired) electrons. The molecule has 6 heteroatoms. The number of hydrogen-bond acceptors (Lipinski definition) is 3. The summed E-state index contributed by atoms with van der Waals surface area (Å²) >= 11 is 0. The lowest BCUT2D eigenvalue weighted by Crippen LogP contribution is -2.33. The molecule has 0 unspecified atom stereocenters. The highest BCUT2D eigenvalue weighted by Crippen LogP contribution is 2.10. The van der Waals surface area contributed by atoms with Gasteiger partial charge in [-0.2, -0.15) is 0 Å². The summed E-state index contributed by atoms with van der Waals surface area (Å²) in [6.07, 6.45) is 2.17. The smallest absolute Gasteiger partial charge is 0.225 e. The topological polar surface area (TPSA) is 87.1 Å². The molecule has 1 aliphatic rings. The molecule has 6 nitrogen and oxygen atoms in total. The molecular weight excluding hydrogens is 172 g/mol. The Morgan fingerprint density at radius 2 is 2.62 bits per heavy atom. The number of ether oxygens (including phenoxy) is 1. The van der Waals surface area contributed by atoms with Crippen molar-refractivity contribution in [2.24, 2.45) is 5.11 Å². The zero-order chi connectivity index (χ0) is 9.52. The highest BCUT2D eigenvalue weighted by molar-refractivity contribution is 5.78. The minimum absolute atomic E-state index is 0.134. The van der Waals surface area contributed by atoms with Crippen molar-refractivity contribution in [3.63, 3.8) is 0 Å². The lowest BCUT2D eigenvalue weighted by Gasteiger charge is -2.09. The molecule has 1 saturated heterocycles. The third-order valence-electron chi connectivity index (χ3n) is 1.83. The van der Waals surface area contributed by atoms with Crippen LogP contribution in [0, 0.1) is 0 Å². The van der Waals surface area contributed by atoms with E-state index in [-0.39, 0.29) is 18.6 Å². The van der Waals surface area contributed by atoms with Crippen LogP contribution in [-0.4, -0.2) is 31.7 Å². The Kier molecular flexibility index (Phi) is 4.08. The molecule has 1 N–H and O–H groups in total. The van der Waals surface area contributed by atoms with Crippen molar-refractivity contribution in [1.29, 1.82) is 0 Å². The molecule has 0 aromatic heterocycles. The molecule has 0 aromatic carbocycles. The second-order valence-corrected chi connectivity index (χ2v) is 2.83. The first kappa shape index (κ1) is 9.83. The largest absolute Gasteiger partial charge is 0.376 e. The van der Waals surface area contributed by atoms with Crippen LogP contribution in [-0.2, 0) is 9.53 Å². The first-order valence-corrected chi connectivity index (χ1v) is 4.22. The Morgan fingerprint density at radius 3 is 3.23 bits per heavy atom. The minimum Gasteiger partial charge on any atom is -0.376 e. The SMILES string of the molecule is [N-]=[N+]=NCC(=O)NC[C@H]1CCCO1. The number of carbonyl (C=O) groups is 1. The van der Waals surface area contributed by atoms with Gasteiger partial charge < -0.3 is 10.1 Å². The van der Waals surface area contributed by atoms with Crippen molar-refractivity contribution in [2.45, 2.75) is 18.9 Å². The Morgan fingerprint density at radius 1 is 1.77 bits per heavy atom. The van der Waals surface area contributed by atoms with Crippen molar-refractivity contribution in [1.82, 2.24) is 5.32 Å². The number of carbonyl (C=O) groups excluding carboxylic acids is 1. The predicted molar refractivity (Wildman–Crippen MR) is 46.0 cm³/mol. The van der Waals surface area contributed by atoms with Gasteiger partial charge in [0, 0.05) is 18.1 Å². The molecule has 13 heavy (non-hydrogen) atoms. The molecule has 1 fully saturated rings. The summed E-state index contributed by atoms with van der Waals surface area (Å²) in [7, 11) is 0. The van der Waals surface area contributed by atoms with E-state index in [1.165, 1.54) is 0 Å². The van der Waals surface area contributed by atoms with Crippen molar-refractivity contribution >= 4 is 5.91 Å². The summed E-state index contributed by atoms with van der Waals surface area (Å²) in [5.41, 5.74) is 7.95. The van der Waals surface area contributed by atoms with E-state index >= 15 is 0 Å². The van der Waals surface area contributed by atoms with E-state index in [9.17, 15) is 4.79 Å². The van der Waals surface area contributed by atoms with Crippen molar-refractivity contribution in [3.05, 3.63) is 10.4 Å². The molecule has 1 rings (SSSR count). The van der Waals surface area contributed by atoms with Crippen LogP contribution in [0.2, 0.25) is 0 Å². The third kappa shape index (κ3) is 3.78. The fourth-order valence-corrected chi connectivity index (χ4v) is 1.18. The number of hydrogen-bond donors (Lipinski definition) is 1. The van der Waals surface area contributed by atoms with Gasteiger partial charge in [-0.1, -0.05) is 5.11 Å². The first-order valence-electron chi connectivity index (χ1n) is 4.22. The highest BCUT2D eigenvalue weighted by Gasteiger charge is 2.15. The van der Waals surface area contributed by atoms with E-state index in [0.717, 1.165) is 19.4 Å². The van der Waals surface area contributed by atoms with Crippen LogP contribution >= 0.6 is 0 Å². The molecule has 1 heterocycles. The monoisotopic (exact) mass is 184 g/mol. The Bertz CT molecular complexity index is 219. The van der Waals surface area contributed by atoms with Gasteiger partial charge in [-0.05, 0) is 18.4 Å². The van der Waals surface area contributed by atoms with E-state index in [4.69, 9.17) is 10.3 Å². The third-order valence-corrected chi connectivity index (χ3v) is 1.83. The molecular formula is C7H12N4O2. The van der Waals surface area contributed by atoms with Gasteiger partial charge in [0.2, 0.25) is 5.91 Å². The minimum atomic E-state index is -0.256. The molecule has 0 saturated carbocycles. The maximum atomic E-state index is 10.9. The Balaban J connectivity index is 2.10. The van der Waals surface area contributed by atoms with Gasteiger partial charge in [-0.3, -0.25) is 4.79 Å². The first-order chi connectivity index (χ1) is 6.33. The number of azide groups is 1. The lowest BCUT2D eigenvalue weighted by atomic mass is 10.2. The van der Waals surface area contributed by atoms with Crippen LogP contribution < -0.4 is 5.32 Å². The Hall–Kier alpha value is -1.26. The number of rotatable bonds is 4. The van der Waals surface area contributed by atoms with Gasteiger partial charge in [0.1, 0.15) is 6.54 Å². The van der Waals surface area contributed by atoms with E-state index in [1.807, 2.05) is 0 Å². The molecule has 1 aliphatic heterocycles. The summed E-state index contributed by atoms with van der Waals surface area (Å²) in [5.74, 6) is -0.256. The van der Waals surface area contributed by atoms with Crippen LogP contribution in [0.1, 0.15) is 12.8 Å². The zero-order valence-corrected chi connectivity index (χ0v) is 7.27. The summed E-state index contributed by atoms with van der Waals surface area (Å²) < 4.78 is 5.29. The number of nitrogens with zero attached hydrogens (tertiary/aromatic N) is 3. The predicted octanol–water partition coefficient (Wildman–Crippen LogP) is 0.592. The molecule has 0 spiro atoms. The second-order valence-electron chi connectivity index (χ2n) is 2.83. The summed E-state index contributed by atoms with van der Waals surface area (Å²) in [5, 5.41) is 5.78. The average Bonchev–Trinajstić information content (AvgIpc) is 2.64. The summed E-state index contributed by atoms with van der Waals surface area (Å²) in [4.78, 5) is 13.4. The molecule has 1 atom stereocenters. The molecule has 72 valence electrons. The normalized spacial score (nSPS) is 20.8. The molecule has 0 aliphatic carbocycles. The van der Waals surface area contributed by atoms with E-state index in [1.54, 1.807) is 0 Å². The average molecular weight is 184 g/mol. The molecule has 0 aromatic rings. The van der Waals surface area contributed by atoms with Crippen LogP contribution in [0.15, 0.2) is 5.11 Å². The van der Waals surface area contributed by atoms with Crippen molar-refractivity contribution in [2.75, 3.05) is 19.7 Å². The fourth-order valence-electron chi connectivity index (χ4n) is 1.18. The van der Waals surface area contributed by atoms with Crippen LogP contribution in [0.4, 0.5) is 0 Å². The fraction of sp³-hybridized carbons (Fsp3) is 0.857. The molecule has 0 bridgehead atoms. The van der Waals surface area contributed by atoms with Gasteiger partial charge >= 0.3 is 0 Å². The molecule has 1 amide bonds. The highest BCUT2D eigenvalue weighted by atomic mass is 16.5. The standard InChI is InChI=1S/C7H12N4O2/c8-11-10-5-7(12)9-4-6-2-1-3-13-6/h6H,1-5H2,(H,9,12)/t6-/m1/s1. The summed E-state index contributed by atoms with van der Waals surface area (Å²) in [6, 6.07) is 0. The van der Waals surface area contributed by atoms with Gasteiger partial charge in [0.05, 0.1) is 6.10 Å². The van der Waals surface area contributed by atoms with Gasteiger partial charge in [-0.15, -0.1) is 0 Å². The zero-order valence-electron chi connectivity index (χ0n) is 7.27. The van der Waals surface area contributed by atoms with Crippen molar-refractivity contribution < 1.29 is 9.53 Å². The van der Waals surface area contributed by atoms with Gasteiger partial charge in [0.25, 0.3) is 0 Å². The van der Waals surface area contributed by atoms with Crippen LogP contribution in [0.5, 0.6) is 0 Å². The maximum absolute atomic E-state index is 10.9. The lowest BCUT2D eigenvalue weighted by molar-refractivity contribution is -0.120. The second kappa shape index (κ2) is 5.40. The quantitative estimate of drug-likeness (QED) is 0.393. The van der Waals surface area contributed by atoms with E-state index < -0.39 is 0 Å². The van der Waals surface area contributed by atoms with Crippen molar-refractivity contribution in [3.8, 4) is 0 Å². The maximum Gasteiger partial charge on any atom is 0.225 e. The van der Waals surface area contributed by atoms with Crippen LogP contribution in [0.25, 0.3) is 10.4 Å². The van der Waals surface area contributed by atoms with Gasteiger partial charge in [-0.25, -0.2) is 0 Å². The summed E-state index contributed by atoms with van der Waals surface area (Å²) in [6.45, 7) is 1.15. The number of amides is 1.